The van der Waals surface area contributed by atoms with Gasteiger partial charge in [0.05, 0.1) is 18.8 Å². The van der Waals surface area contributed by atoms with Crippen LogP contribution in [0.15, 0.2) is 35.4 Å². The van der Waals surface area contributed by atoms with Crippen molar-refractivity contribution in [1.82, 2.24) is 0 Å². The average Bonchev–Trinajstić information content (AvgIpc) is 3.79. The highest BCUT2D eigenvalue weighted by Crippen LogP contribution is 2.54. The zero-order valence-electron chi connectivity index (χ0n) is 23.9. The fourth-order valence-electron chi connectivity index (χ4n) is 4.82. The summed E-state index contributed by atoms with van der Waals surface area (Å²) in [6.07, 6.45) is -2.13. The van der Waals surface area contributed by atoms with Crippen LogP contribution in [0.5, 0.6) is 0 Å². The number of halogens is 6. The molecule has 0 saturated carbocycles. The van der Waals surface area contributed by atoms with Gasteiger partial charge in [-0.1, -0.05) is 26.7 Å². The van der Waals surface area contributed by atoms with Crippen LogP contribution in [0.2, 0.25) is 0 Å². The minimum atomic E-state index is -4.72. The summed E-state index contributed by atoms with van der Waals surface area (Å²) in [7, 11) is 0. The summed E-state index contributed by atoms with van der Waals surface area (Å²) in [6, 6.07) is 9.36. The first kappa shape index (κ1) is 33.4. The van der Waals surface area contributed by atoms with Gasteiger partial charge in [-0.15, -0.1) is 56.7 Å². The number of hydrogen-bond donors (Lipinski definition) is 0. The largest absolute Gasteiger partial charge is 0.426 e. The number of hydrogen-bond acceptors (Lipinski definition) is 7. The van der Waals surface area contributed by atoms with E-state index in [2.05, 4.69) is 13.8 Å². The Morgan fingerprint density at radius 2 is 1.02 bits per heavy atom. The van der Waals surface area contributed by atoms with Crippen molar-refractivity contribution in [2.75, 3.05) is 0 Å². The molecule has 0 aliphatic rings. The molecule has 5 heterocycles. The van der Waals surface area contributed by atoms with E-state index in [-0.39, 0.29) is 0 Å². The van der Waals surface area contributed by atoms with E-state index < -0.39 is 23.5 Å². The van der Waals surface area contributed by atoms with Crippen molar-refractivity contribution in [2.24, 2.45) is 0 Å². The minimum Gasteiger partial charge on any atom is -0.192 e. The van der Waals surface area contributed by atoms with E-state index in [1.54, 1.807) is 46.1 Å². The molecule has 5 rings (SSSR count). The molecule has 5 aromatic heterocycles. The predicted molar refractivity (Wildman–Crippen MR) is 178 cm³/mol. The third-order valence-corrected chi connectivity index (χ3v) is 13.6. The first-order valence-electron chi connectivity index (χ1n) is 14.0. The van der Waals surface area contributed by atoms with E-state index >= 15 is 0 Å². The van der Waals surface area contributed by atoms with E-state index in [0.29, 0.717) is 9.75 Å². The summed E-state index contributed by atoms with van der Waals surface area (Å²) < 4.78 is 83.8. The molecule has 0 bridgehead atoms. The molecular weight excluding hydrogens is 687 g/mol. The molecule has 0 radical (unpaired) electrons. The van der Waals surface area contributed by atoms with Crippen molar-refractivity contribution in [3.05, 3.63) is 56.3 Å². The zero-order valence-corrected chi connectivity index (χ0v) is 28.0. The molecule has 0 N–H and O–H groups in total. The number of unbranched alkanes of at least 4 members (excludes halogenated alkanes) is 2. The second-order valence-corrected chi connectivity index (χ2v) is 15.5. The Kier molecular flexibility index (Phi) is 9.97. The predicted octanol–water partition coefficient (Wildman–Crippen LogP) is 13.3. The van der Waals surface area contributed by atoms with E-state index in [1.165, 1.54) is 55.3 Å². The zero-order chi connectivity index (χ0) is 32.5. The van der Waals surface area contributed by atoms with Gasteiger partial charge in [0.2, 0.25) is 0 Å². The molecule has 13 heteroatoms. The number of alkyl halides is 6. The molecule has 234 valence electrons. The highest BCUT2D eigenvalue weighted by atomic mass is 32.1. The molecule has 0 saturated heterocycles. The van der Waals surface area contributed by atoms with Crippen LogP contribution in [-0.2, 0) is 12.8 Å². The Labute approximate surface area is 275 Å². The number of nitriles is 2. The number of aryl methyl sites for hydroxylation is 2. The van der Waals surface area contributed by atoms with Gasteiger partial charge in [0, 0.05) is 29.3 Å². The Morgan fingerprint density at radius 3 is 1.36 bits per heavy atom. The average molecular weight is 711 g/mol. The van der Waals surface area contributed by atoms with Gasteiger partial charge in [-0.05, 0) is 73.2 Å². The maximum absolute atomic E-state index is 13.2. The van der Waals surface area contributed by atoms with Crippen molar-refractivity contribution < 1.29 is 26.3 Å². The van der Waals surface area contributed by atoms with Crippen molar-refractivity contribution >= 4 is 87.6 Å². The summed E-state index contributed by atoms with van der Waals surface area (Å²) in [5, 5.41) is 18.0. The van der Waals surface area contributed by atoms with Gasteiger partial charge in [0.15, 0.2) is 0 Å². The van der Waals surface area contributed by atoms with E-state index in [9.17, 15) is 26.3 Å². The minimum absolute atomic E-state index is 0.357. The third-order valence-electron chi connectivity index (χ3n) is 7.01. The Hall–Kier alpha value is -2.94. The van der Waals surface area contributed by atoms with Crippen LogP contribution in [0.1, 0.15) is 60.4 Å². The lowest BCUT2D eigenvalue weighted by Crippen LogP contribution is -2.09. The van der Waals surface area contributed by atoms with Crippen LogP contribution in [0.25, 0.3) is 50.5 Å². The van der Waals surface area contributed by atoms with E-state index in [4.69, 9.17) is 10.5 Å². The van der Waals surface area contributed by atoms with Gasteiger partial charge in [0.1, 0.15) is 23.3 Å². The van der Waals surface area contributed by atoms with Crippen LogP contribution >= 0.6 is 56.7 Å². The topological polar surface area (TPSA) is 47.6 Å². The van der Waals surface area contributed by atoms with Crippen LogP contribution in [0, 0.1) is 22.7 Å². The highest BCUT2D eigenvalue weighted by Gasteiger charge is 2.35. The molecule has 0 atom stereocenters. The smallest absolute Gasteiger partial charge is 0.192 e. The fourth-order valence-corrected chi connectivity index (χ4v) is 11.6. The molecule has 2 nitrogen and oxygen atoms in total. The normalized spacial score (nSPS) is 13.2. The lowest BCUT2D eigenvalue weighted by atomic mass is 10.1. The standard InChI is InChI=1S/C32H24F6N2S5/c1-3-5-7-21-25(23-11-9-19(41-23)13-17(15-39)31(33,34)35)43-29-27(21)45-28-22(8-6-4-2)26(44-30(28)29)24-12-10-20(42-24)14-18(16-40)32(36,37)38/h9-14H,3-8H2,1-2H3/b17-13+,18-14+. The van der Waals surface area contributed by atoms with Gasteiger partial charge in [-0.2, -0.15) is 36.9 Å². The molecule has 0 aromatic carbocycles. The SMILES string of the molecule is CCCCc1c(-c2ccc(/C=C(\C#N)C(F)(F)F)s2)sc2c1sc1c(CCCC)c(-c3ccc(/C=C(\C#N)C(F)(F)F)s3)sc12. The highest BCUT2D eigenvalue weighted by molar-refractivity contribution is 7.41. The maximum Gasteiger partial charge on any atom is 0.426 e. The van der Waals surface area contributed by atoms with Gasteiger partial charge in [-0.3, -0.25) is 0 Å². The van der Waals surface area contributed by atoms with Crippen LogP contribution in [-0.4, -0.2) is 12.4 Å². The fraction of sp³-hybridized carbons (Fsp3) is 0.312. The van der Waals surface area contributed by atoms with Crippen LogP contribution < -0.4 is 0 Å². The summed E-state index contributed by atoms with van der Waals surface area (Å²) in [6.45, 7) is 4.22. The summed E-state index contributed by atoms with van der Waals surface area (Å²) in [5.41, 5.74) is -0.115. The molecule has 0 amide bonds. The van der Waals surface area contributed by atoms with Crippen LogP contribution in [0.4, 0.5) is 26.3 Å². The Morgan fingerprint density at radius 1 is 0.622 bits per heavy atom. The summed E-state index contributed by atoms with van der Waals surface area (Å²) >= 11 is 7.42. The molecule has 0 spiro atoms. The third kappa shape index (κ3) is 6.93. The Balaban J connectivity index is 1.63. The lowest BCUT2D eigenvalue weighted by Gasteiger charge is -2.03. The van der Waals surface area contributed by atoms with E-state index in [1.807, 2.05) is 12.1 Å². The van der Waals surface area contributed by atoms with E-state index in [0.717, 1.165) is 79.6 Å². The lowest BCUT2D eigenvalue weighted by molar-refractivity contribution is -0.0873. The monoisotopic (exact) mass is 710 g/mol. The second-order valence-electron chi connectivity index (χ2n) is 10.2. The van der Waals surface area contributed by atoms with Crippen molar-refractivity contribution in [1.29, 1.82) is 10.5 Å². The molecule has 45 heavy (non-hydrogen) atoms. The van der Waals surface area contributed by atoms with Crippen molar-refractivity contribution in [3.8, 4) is 31.6 Å². The number of thiophene rings is 5. The first-order chi connectivity index (χ1) is 21.4. The quantitative estimate of drug-likeness (QED) is 0.107. The van der Waals surface area contributed by atoms with Crippen molar-refractivity contribution in [2.45, 2.75) is 64.7 Å². The first-order valence-corrected chi connectivity index (χ1v) is 18.1. The van der Waals surface area contributed by atoms with Crippen LogP contribution in [0.3, 0.4) is 0 Å². The number of fused-ring (bicyclic) bond motifs is 3. The number of allylic oxidation sites excluding steroid dienone is 2. The summed E-state index contributed by atoms with van der Waals surface area (Å²) in [4.78, 5) is 4.45. The molecule has 0 unspecified atom stereocenters. The summed E-state index contributed by atoms with van der Waals surface area (Å²) in [5.74, 6) is 0. The maximum atomic E-state index is 13.2. The van der Waals surface area contributed by atoms with Gasteiger partial charge in [-0.25, -0.2) is 0 Å². The molecule has 0 aliphatic heterocycles. The molecule has 0 fully saturated rings. The van der Waals surface area contributed by atoms with Gasteiger partial charge in [0.25, 0.3) is 0 Å². The van der Waals surface area contributed by atoms with Gasteiger partial charge < -0.3 is 0 Å². The number of rotatable bonds is 10. The second kappa shape index (κ2) is 13.4. The van der Waals surface area contributed by atoms with Crippen molar-refractivity contribution in [3.63, 3.8) is 0 Å². The van der Waals surface area contributed by atoms with Gasteiger partial charge >= 0.3 is 12.4 Å². The molecular formula is C32H24F6N2S5. The Bertz CT molecular complexity index is 1850. The molecule has 5 aromatic rings. The number of nitrogens with zero attached hydrogens (tertiary/aromatic N) is 2. The molecule has 0 aliphatic carbocycles.